The Hall–Kier alpha value is -0.940. The Bertz CT molecular complexity index is 383. The largest absolute Gasteiger partial charge is 0.367 e. The first-order valence-electron chi connectivity index (χ1n) is 5.64. The van der Waals surface area contributed by atoms with E-state index in [0.717, 1.165) is 12.2 Å². The zero-order valence-corrected chi connectivity index (χ0v) is 10.4. The summed E-state index contributed by atoms with van der Waals surface area (Å²) in [7, 11) is 0. The molecule has 0 aromatic carbocycles. The maximum atomic E-state index is 6.04. The van der Waals surface area contributed by atoms with Crippen LogP contribution in [0.25, 0.3) is 0 Å². The van der Waals surface area contributed by atoms with E-state index in [4.69, 9.17) is 10.5 Å². The number of rotatable bonds is 2. The number of hydrogen-bond donors (Lipinski definition) is 1. The topological polar surface area (TPSA) is 66.0 Å². The zero-order chi connectivity index (χ0) is 12.0. The fourth-order valence-electron chi connectivity index (χ4n) is 2.59. The van der Waals surface area contributed by atoms with Crippen molar-refractivity contribution in [1.29, 1.82) is 0 Å². The van der Waals surface area contributed by atoms with Crippen molar-refractivity contribution in [3.63, 3.8) is 0 Å². The van der Waals surface area contributed by atoms with Crippen molar-refractivity contribution in [2.45, 2.75) is 57.9 Å². The van der Waals surface area contributed by atoms with Crippen LogP contribution in [0.1, 0.15) is 46.0 Å². The number of ether oxygens (including phenoxy) is 1. The van der Waals surface area contributed by atoms with Crippen LogP contribution in [0.3, 0.4) is 0 Å². The van der Waals surface area contributed by atoms with E-state index in [0.29, 0.717) is 6.54 Å². The van der Waals surface area contributed by atoms with Crippen molar-refractivity contribution < 1.29 is 4.74 Å². The second kappa shape index (κ2) is 3.53. The smallest absolute Gasteiger partial charge is 0.141 e. The van der Waals surface area contributed by atoms with E-state index >= 15 is 0 Å². The van der Waals surface area contributed by atoms with Crippen LogP contribution in [-0.2, 0) is 11.3 Å². The van der Waals surface area contributed by atoms with Gasteiger partial charge in [0.2, 0.25) is 0 Å². The standard InChI is InChI=1S/C11H20N4O/c1-10(2)5-8(11(3,4)16-10)15-9(6-12)13-7-14-15/h7-8H,5-6,12H2,1-4H3. The van der Waals surface area contributed by atoms with Crippen molar-refractivity contribution in [3.8, 4) is 0 Å². The molecule has 1 aromatic rings. The third-order valence-corrected chi connectivity index (χ3v) is 3.15. The second-order valence-electron chi connectivity index (χ2n) is 5.51. The minimum absolute atomic E-state index is 0.119. The molecule has 16 heavy (non-hydrogen) atoms. The van der Waals surface area contributed by atoms with Crippen LogP contribution in [0.4, 0.5) is 0 Å². The van der Waals surface area contributed by atoms with Crippen LogP contribution < -0.4 is 5.73 Å². The van der Waals surface area contributed by atoms with E-state index in [1.807, 2.05) is 4.68 Å². The van der Waals surface area contributed by atoms with Gasteiger partial charge in [-0.2, -0.15) is 5.10 Å². The molecule has 1 atom stereocenters. The molecule has 0 aliphatic carbocycles. The molecular weight excluding hydrogens is 204 g/mol. The summed E-state index contributed by atoms with van der Waals surface area (Å²) in [4.78, 5) is 4.16. The van der Waals surface area contributed by atoms with Gasteiger partial charge in [-0.3, -0.25) is 0 Å². The highest BCUT2D eigenvalue weighted by molar-refractivity contribution is 5.00. The summed E-state index contributed by atoms with van der Waals surface area (Å²) in [5, 5.41) is 4.28. The van der Waals surface area contributed by atoms with E-state index in [2.05, 4.69) is 37.8 Å². The van der Waals surface area contributed by atoms with Crippen molar-refractivity contribution in [3.05, 3.63) is 12.2 Å². The number of nitrogens with two attached hydrogens (primary N) is 1. The van der Waals surface area contributed by atoms with Gasteiger partial charge in [0.15, 0.2) is 0 Å². The lowest BCUT2D eigenvalue weighted by Gasteiger charge is -2.27. The molecular formula is C11H20N4O. The molecule has 0 bridgehead atoms. The summed E-state index contributed by atoms with van der Waals surface area (Å²) in [6.07, 6.45) is 2.49. The van der Waals surface area contributed by atoms with Crippen LogP contribution in [-0.4, -0.2) is 26.0 Å². The van der Waals surface area contributed by atoms with E-state index < -0.39 is 0 Å². The normalized spacial score (nSPS) is 27.2. The molecule has 1 saturated heterocycles. The predicted octanol–water partition coefficient (Wildman–Crippen LogP) is 1.26. The van der Waals surface area contributed by atoms with Gasteiger partial charge < -0.3 is 10.5 Å². The summed E-state index contributed by atoms with van der Waals surface area (Å²) in [5.74, 6) is 0.819. The molecule has 1 aromatic heterocycles. The minimum Gasteiger partial charge on any atom is -0.367 e. The van der Waals surface area contributed by atoms with Gasteiger partial charge in [-0.25, -0.2) is 9.67 Å². The molecule has 2 N–H and O–H groups in total. The Morgan fingerprint density at radius 1 is 1.50 bits per heavy atom. The number of nitrogens with zero attached hydrogens (tertiary/aromatic N) is 3. The lowest BCUT2D eigenvalue weighted by atomic mass is 9.94. The Kier molecular flexibility index (Phi) is 2.55. The molecule has 0 spiro atoms. The van der Waals surface area contributed by atoms with Gasteiger partial charge >= 0.3 is 0 Å². The van der Waals surface area contributed by atoms with Gasteiger partial charge in [0.05, 0.1) is 23.8 Å². The van der Waals surface area contributed by atoms with Crippen molar-refractivity contribution in [2.75, 3.05) is 0 Å². The monoisotopic (exact) mass is 224 g/mol. The highest BCUT2D eigenvalue weighted by Gasteiger charge is 2.47. The maximum Gasteiger partial charge on any atom is 0.141 e. The fraction of sp³-hybridized carbons (Fsp3) is 0.818. The molecule has 0 saturated carbocycles. The van der Waals surface area contributed by atoms with Gasteiger partial charge in [-0.1, -0.05) is 0 Å². The van der Waals surface area contributed by atoms with Crippen molar-refractivity contribution >= 4 is 0 Å². The Morgan fingerprint density at radius 3 is 2.69 bits per heavy atom. The first-order chi connectivity index (χ1) is 7.36. The minimum atomic E-state index is -0.235. The van der Waals surface area contributed by atoms with Crippen LogP contribution in [0.2, 0.25) is 0 Å². The Labute approximate surface area is 96.0 Å². The van der Waals surface area contributed by atoms with Gasteiger partial charge in [0.1, 0.15) is 12.2 Å². The van der Waals surface area contributed by atoms with Gasteiger partial charge in [0.25, 0.3) is 0 Å². The molecule has 1 aliphatic heterocycles. The Balaban J connectivity index is 2.34. The molecule has 5 nitrogen and oxygen atoms in total. The quantitative estimate of drug-likeness (QED) is 0.821. The SMILES string of the molecule is CC1(C)CC(n2ncnc2CN)C(C)(C)O1. The molecule has 0 radical (unpaired) electrons. The third kappa shape index (κ3) is 1.85. The fourth-order valence-corrected chi connectivity index (χ4v) is 2.59. The summed E-state index contributed by atoms with van der Waals surface area (Å²) < 4.78 is 7.95. The summed E-state index contributed by atoms with van der Waals surface area (Å²) in [6.45, 7) is 8.80. The average Bonchev–Trinajstić information content (AvgIpc) is 2.66. The van der Waals surface area contributed by atoms with Crippen LogP contribution >= 0.6 is 0 Å². The molecule has 90 valence electrons. The number of aromatic nitrogens is 3. The number of hydrogen-bond acceptors (Lipinski definition) is 4. The molecule has 1 aliphatic rings. The second-order valence-corrected chi connectivity index (χ2v) is 5.51. The molecule has 2 heterocycles. The van der Waals surface area contributed by atoms with Gasteiger partial charge in [-0.05, 0) is 27.7 Å². The van der Waals surface area contributed by atoms with Crippen molar-refractivity contribution in [2.24, 2.45) is 5.73 Å². The summed E-state index contributed by atoms with van der Waals surface area (Å²) in [6, 6.07) is 0.198. The zero-order valence-electron chi connectivity index (χ0n) is 10.4. The van der Waals surface area contributed by atoms with E-state index in [9.17, 15) is 0 Å². The summed E-state index contributed by atoms with van der Waals surface area (Å²) in [5.41, 5.74) is 5.30. The highest BCUT2D eigenvalue weighted by atomic mass is 16.5. The molecule has 1 fully saturated rings. The highest BCUT2D eigenvalue weighted by Crippen LogP contribution is 2.44. The van der Waals surface area contributed by atoms with Gasteiger partial charge in [0, 0.05) is 6.42 Å². The molecule has 5 heteroatoms. The van der Waals surface area contributed by atoms with E-state index in [-0.39, 0.29) is 17.2 Å². The first kappa shape index (κ1) is 11.5. The third-order valence-electron chi connectivity index (χ3n) is 3.15. The molecule has 1 unspecified atom stereocenters. The Morgan fingerprint density at radius 2 is 2.19 bits per heavy atom. The van der Waals surface area contributed by atoms with Crippen LogP contribution in [0.15, 0.2) is 6.33 Å². The maximum absolute atomic E-state index is 6.04. The van der Waals surface area contributed by atoms with Gasteiger partial charge in [-0.15, -0.1) is 0 Å². The average molecular weight is 224 g/mol. The first-order valence-corrected chi connectivity index (χ1v) is 5.64. The lowest BCUT2D eigenvalue weighted by molar-refractivity contribution is -0.0739. The molecule has 0 amide bonds. The van der Waals surface area contributed by atoms with Crippen molar-refractivity contribution in [1.82, 2.24) is 14.8 Å². The predicted molar refractivity (Wildman–Crippen MR) is 60.8 cm³/mol. The molecule has 2 rings (SSSR count). The summed E-state index contributed by atoms with van der Waals surface area (Å²) >= 11 is 0. The lowest BCUT2D eigenvalue weighted by Crippen LogP contribution is -2.32. The van der Waals surface area contributed by atoms with E-state index in [1.54, 1.807) is 6.33 Å². The van der Waals surface area contributed by atoms with E-state index in [1.165, 1.54) is 0 Å². The van der Waals surface area contributed by atoms with Crippen LogP contribution in [0.5, 0.6) is 0 Å². The van der Waals surface area contributed by atoms with Crippen LogP contribution in [0, 0.1) is 0 Å².